The Morgan fingerprint density at radius 2 is 1.70 bits per heavy atom. The molecule has 0 bridgehead atoms. The lowest BCUT2D eigenvalue weighted by Crippen LogP contribution is -2.31. The third-order valence-electron chi connectivity index (χ3n) is 4.71. The highest BCUT2D eigenvalue weighted by molar-refractivity contribution is 5.80. The second-order valence-electron chi connectivity index (χ2n) is 7.40. The molecule has 1 aliphatic rings. The van der Waals surface area contributed by atoms with Gasteiger partial charge >= 0.3 is 5.97 Å². The van der Waals surface area contributed by atoms with E-state index in [-0.39, 0.29) is 19.1 Å². The van der Waals surface area contributed by atoms with Gasteiger partial charge in [0.05, 0.1) is 0 Å². The predicted octanol–water partition coefficient (Wildman–Crippen LogP) is 3.16. The summed E-state index contributed by atoms with van der Waals surface area (Å²) in [5.74, 6) is 1.48. The topological polar surface area (TPSA) is 74.3 Å². The standard InChI is InChI=1S/C23H27NO6/c1-16(2)18-5-7-19(8-6-18)29-15-23(26)30-14-22(25)24(3)13-17-4-9-20-21(12-17)28-11-10-27-20/h4-9,12,16H,10-11,13-15H2,1-3H3. The van der Waals surface area contributed by atoms with Gasteiger partial charge in [0.15, 0.2) is 24.7 Å². The van der Waals surface area contributed by atoms with E-state index < -0.39 is 5.97 Å². The number of esters is 1. The van der Waals surface area contributed by atoms with Crippen LogP contribution in [0.25, 0.3) is 0 Å². The lowest BCUT2D eigenvalue weighted by Gasteiger charge is -2.21. The summed E-state index contributed by atoms with van der Waals surface area (Å²) in [6.07, 6.45) is 0. The minimum atomic E-state index is -0.594. The molecule has 0 aromatic heterocycles. The minimum Gasteiger partial charge on any atom is -0.486 e. The molecule has 0 atom stereocenters. The maximum atomic E-state index is 12.3. The van der Waals surface area contributed by atoms with E-state index in [9.17, 15) is 9.59 Å². The van der Waals surface area contributed by atoms with Gasteiger partial charge < -0.3 is 23.8 Å². The van der Waals surface area contributed by atoms with Crippen LogP contribution in [0.2, 0.25) is 0 Å². The number of hydrogen-bond acceptors (Lipinski definition) is 6. The van der Waals surface area contributed by atoms with Crippen LogP contribution in [-0.4, -0.2) is 50.3 Å². The lowest BCUT2D eigenvalue weighted by atomic mass is 10.0. The summed E-state index contributed by atoms with van der Waals surface area (Å²) in [5.41, 5.74) is 2.09. The third-order valence-corrected chi connectivity index (χ3v) is 4.71. The molecule has 1 amide bonds. The molecule has 0 saturated heterocycles. The van der Waals surface area contributed by atoms with E-state index >= 15 is 0 Å². The summed E-state index contributed by atoms with van der Waals surface area (Å²) in [7, 11) is 1.65. The van der Waals surface area contributed by atoms with Crippen molar-refractivity contribution in [2.45, 2.75) is 26.3 Å². The molecule has 160 valence electrons. The van der Waals surface area contributed by atoms with Crippen LogP contribution in [0, 0.1) is 0 Å². The monoisotopic (exact) mass is 413 g/mol. The van der Waals surface area contributed by atoms with E-state index in [2.05, 4.69) is 13.8 Å². The van der Waals surface area contributed by atoms with Gasteiger partial charge in [0, 0.05) is 13.6 Å². The Labute approximate surface area is 176 Å². The normalized spacial score (nSPS) is 12.4. The first kappa shape index (κ1) is 21.5. The first-order valence-corrected chi connectivity index (χ1v) is 9.93. The van der Waals surface area contributed by atoms with Gasteiger partial charge in [0.2, 0.25) is 0 Å². The van der Waals surface area contributed by atoms with E-state index in [1.807, 2.05) is 42.5 Å². The molecular formula is C23H27NO6. The third kappa shape index (κ3) is 5.89. The van der Waals surface area contributed by atoms with Gasteiger partial charge in [-0.05, 0) is 41.3 Å². The average molecular weight is 413 g/mol. The van der Waals surface area contributed by atoms with Crippen LogP contribution in [0.1, 0.15) is 30.9 Å². The number of benzene rings is 2. The highest BCUT2D eigenvalue weighted by Crippen LogP contribution is 2.31. The SMILES string of the molecule is CC(C)c1ccc(OCC(=O)OCC(=O)N(C)Cc2ccc3c(c2)OCCO3)cc1. The first-order valence-electron chi connectivity index (χ1n) is 9.93. The molecule has 1 heterocycles. The van der Waals surface area contributed by atoms with Gasteiger partial charge in [-0.25, -0.2) is 4.79 Å². The van der Waals surface area contributed by atoms with Crippen LogP contribution in [0.4, 0.5) is 0 Å². The number of ether oxygens (including phenoxy) is 4. The summed E-state index contributed by atoms with van der Waals surface area (Å²) < 4.78 is 21.5. The Morgan fingerprint density at radius 1 is 1.00 bits per heavy atom. The van der Waals surface area contributed by atoms with Crippen LogP contribution in [0.15, 0.2) is 42.5 Å². The Bertz CT molecular complexity index is 878. The minimum absolute atomic E-state index is 0.250. The van der Waals surface area contributed by atoms with Crippen molar-refractivity contribution >= 4 is 11.9 Å². The number of carbonyl (C=O) groups excluding carboxylic acids is 2. The van der Waals surface area contributed by atoms with Gasteiger partial charge in [0.25, 0.3) is 5.91 Å². The molecule has 0 N–H and O–H groups in total. The average Bonchev–Trinajstić information content (AvgIpc) is 2.76. The quantitative estimate of drug-likeness (QED) is 0.619. The Kier molecular flexibility index (Phi) is 7.17. The van der Waals surface area contributed by atoms with Crippen LogP contribution in [0.5, 0.6) is 17.2 Å². The molecule has 0 fully saturated rings. The fraction of sp³-hybridized carbons (Fsp3) is 0.391. The van der Waals surface area contributed by atoms with Crippen molar-refractivity contribution in [1.82, 2.24) is 4.90 Å². The zero-order valence-electron chi connectivity index (χ0n) is 17.6. The molecule has 30 heavy (non-hydrogen) atoms. The molecule has 0 aliphatic carbocycles. The summed E-state index contributed by atoms with van der Waals surface area (Å²) in [6, 6.07) is 13.1. The van der Waals surface area contributed by atoms with Crippen molar-refractivity contribution < 1.29 is 28.5 Å². The van der Waals surface area contributed by atoms with E-state index in [4.69, 9.17) is 18.9 Å². The zero-order chi connectivity index (χ0) is 21.5. The fourth-order valence-electron chi connectivity index (χ4n) is 2.93. The fourth-order valence-corrected chi connectivity index (χ4v) is 2.93. The number of fused-ring (bicyclic) bond motifs is 1. The second-order valence-corrected chi connectivity index (χ2v) is 7.40. The van der Waals surface area contributed by atoms with Crippen LogP contribution in [-0.2, 0) is 20.9 Å². The number of amides is 1. The summed E-state index contributed by atoms with van der Waals surface area (Å²) >= 11 is 0. The summed E-state index contributed by atoms with van der Waals surface area (Å²) in [5, 5.41) is 0. The van der Waals surface area contributed by atoms with Crippen LogP contribution < -0.4 is 14.2 Å². The molecule has 0 unspecified atom stereocenters. The molecule has 3 rings (SSSR count). The maximum absolute atomic E-state index is 12.3. The number of carbonyl (C=O) groups is 2. The van der Waals surface area contributed by atoms with Crippen molar-refractivity contribution in [1.29, 1.82) is 0 Å². The van der Waals surface area contributed by atoms with Crippen molar-refractivity contribution in [2.75, 3.05) is 33.5 Å². The maximum Gasteiger partial charge on any atom is 0.344 e. The zero-order valence-corrected chi connectivity index (χ0v) is 17.6. The number of nitrogens with zero attached hydrogens (tertiary/aromatic N) is 1. The van der Waals surface area contributed by atoms with Gasteiger partial charge in [-0.15, -0.1) is 0 Å². The predicted molar refractivity (Wildman–Crippen MR) is 111 cm³/mol. The van der Waals surface area contributed by atoms with Gasteiger partial charge in [-0.2, -0.15) is 0 Å². The first-order chi connectivity index (χ1) is 14.4. The molecule has 1 aliphatic heterocycles. The van der Waals surface area contributed by atoms with Crippen molar-refractivity contribution in [3.63, 3.8) is 0 Å². The van der Waals surface area contributed by atoms with Crippen molar-refractivity contribution in [2.24, 2.45) is 0 Å². The molecule has 0 spiro atoms. The molecule has 0 radical (unpaired) electrons. The number of rotatable bonds is 8. The van der Waals surface area contributed by atoms with E-state index in [0.717, 1.165) is 5.56 Å². The van der Waals surface area contributed by atoms with E-state index in [1.165, 1.54) is 10.5 Å². The number of likely N-dealkylation sites (N-methyl/N-ethyl adjacent to an activating group) is 1. The largest absolute Gasteiger partial charge is 0.486 e. The molecule has 2 aromatic rings. The summed E-state index contributed by atoms with van der Waals surface area (Å²) in [6.45, 7) is 5.03. The molecule has 0 saturated carbocycles. The summed E-state index contributed by atoms with van der Waals surface area (Å²) in [4.78, 5) is 25.6. The van der Waals surface area contributed by atoms with E-state index in [0.29, 0.717) is 42.9 Å². The van der Waals surface area contributed by atoms with Crippen molar-refractivity contribution in [3.8, 4) is 17.2 Å². The van der Waals surface area contributed by atoms with Gasteiger partial charge in [-0.3, -0.25) is 4.79 Å². The molecular weight excluding hydrogens is 386 g/mol. The highest BCUT2D eigenvalue weighted by Gasteiger charge is 2.16. The Morgan fingerprint density at radius 3 is 2.40 bits per heavy atom. The highest BCUT2D eigenvalue weighted by atomic mass is 16.6. The molecule has 2 aromatic carbocycles. The Hall–Kier alpha value is -3.22. The number of hydrogen-bond donors (Lipinski definition) is 0. The second kappa shape index (κ2) is 10.0. The van der Waals surface area contributed by atoms with Crippen LogP contribution in [0.3, 0.4) is 0 Å². The van der Waals surface area contributed by atoms with Gasteiger partial charge in [0.1, 0.15) is 19.0 Å². The van der Waals surface area contributed by atoms with Gasteiger partial charge in [-0.1, -0.05) is 32.0 Å². The Balaban J connectivity index is 1.41. The van der Waals surface area contributed by atoms with E-state index in [1.54, 1.807) is 7.05 Å². The smallest absolute Gasteiger partial charge is 0.344 e. The van der Waals surface area contributed by atoms with Crippen molar-refractivity contribution in [3.05, 3.63) is 53.6 Å². The lowest BCUT2D eigenvalue weighted by molar-refractivity contribution is -0.153. The van der Waals surface area contributed by atoms with Crippen LogP contribution >= 0.6 is 0 Å². The molecule has 7 heteroatoms. The molecule has 7 nitrogen and oxygen atoms in total.